The molecule has 0 heterocycles. The molecule has 2 aromatic rings. The van der Waals surface area contributed by atoms with Crippen LogP contribution in [0.15, 0.2) is 36.4 Å². The van der Waals surface area contributed by atoms with E-state index in [-0.39, 0.29) is 16.3 Å². The number of anilines is 1. The number of nitro groups is 1. The molecule has 6 heteroatoms. The first kappa shape index (κ1) is 19.6. The molecule has 0 radical (unpaired) electrons. The molecule has 4 saturated carbocycles. The molecule has 0 aromatic heterocycles. The van der Waals surface area contributed by atoms with Crippen LogP contribution in [0.1, 0.15) is 60.0 Å². The number of nitrogens with one attached hydrogen (secondary N) is 1. The van der Waals surface area contributed by atoms with E-state index >= 15 is 0 Å². The fourth-order valence-corrected chi connectivity index (χ4v) is 6.90. The zero-order valence-corrected chi connectivity index (χ0v) is 17.7. The minimum Gasteiger partial charge on any atom is -0.322 e. The number of hydrogen-bond acceptors (Lipinski definition) is 3. The predicted octanol–water partition coefficient (Wildman–Crippen LogP) is 6.28. The SMILES string of the molecule is Cc1cc(C23CC4CC(CC(C4)C2)C3)ccc1NC(=O)c1cccc([N+](=O)[O-])c1Cl. The van der Waals surface area contributed by atoms with E-state index in [1.165, 1.54) is 62.3 Å². The van der Waals surface area contributed by atoms with Gasteiger partial charge in [-0.1, -0.05) is 29.8 Å². The Balaban J connectivity index is 1.39. The van der Waals surface area contributed by atoms with Gasteiger partial charge in [-0.05, 0) is 91.9 Å². The summed E-state index contributed by atoms with van der Waals surface area (Å²) in [5.74, 6) is 2.21. The molecule has 1 N–H and O–H groups in total. The normalized spacial score (nSPS) is 29.1. The molecule has 0 saturated heterocycles. The summed E-state index contributed by atoms with van der Waals surface area (Å²) in [6.45, 7) is 2.01. The monoisotopic (exact) mass is 424 g/mol. The molecule has 4 aliphatic rings. The van der Waals surface area contributed by atoms with Gasteiger partial charge in [-0.25, -0.2) is 0 Å². The maximum absolute atomic E-state index is 12.8. The highest BCUT2D eigenvalue weighted by molar-refractivity contribution is 6.36. The molecule has 156 valence electrons. The Hall–Kier alpha value is -2.40. The molecule has 0 unspecified atom stereocenters. The average Bonchev–Trinajstić information content (AvgIpc) is 2.68. The van der Waals surface area contributed by atoms with Crippen LogP contribution in [-0.4, -0.2) is 10.8 Å². The summed E-state index contributed by atoms with van der Waals surface area (Å²) in [4.78, 5) is 23.3. The van der Waals surface area contributed by atoms with Crippen LogP contribution < -0.4 is 5.32 Å². The fourth-order valence-electron chi connectivity index (χ4n) is 6.62. The zero-order valence-electron chi connectivity index (χ0n) is 17.0. The van der Waals surface area contributed by atoms with Crippen molar-refractivity contribution in [1.82, 2.24) is 0 Å². The second-order valence-corrected chi connectivity index (χ2v) is 9.96. The van der Waals surface area contributed by atoms with Crippen molar-refractivity contribution in [2.45, 2.75) is 50.9 Å². The van der Waals surface area contributed by atoms with Gasteiger partial charge < -0.3 is 5.32 Å². The van der Waals surface area contributed by atoms with Crippen molar-refractivity contribution in [1.29, 1.82) is 0 Å². The number of rotatable bonds is 4. The number of halogens is 1. The van der Waals surface area contributed by atoms with Crippen molar-refractivity contribution in [2.24, 2.45) is 17.8 Å². The highest BCUT2D eigenvalue weighted by atomic mass is 35.5. The first-order chi connectivity index (χ1) is 14.3. The van der Waals surface area contributed by atoms with Crippen molar-refractivity contribution in [3.8, 4) is 0 Å². The molecule has 30 heavy (non-hydrogen) atoms. The molecule has 2 aromatic carbocycles. The van der Waals surface area contributed by atoms with Crippen molar-refractivity contribution >= 4 is 28.9 Å². The number of carbonyl (C=O) groups excluding carboxylic acids is 1. The molecule has 4 bridgehead atoms. The van der Waals surface area contributed by atoms with Gasteiger partial charge in [-0.15, -0.1) is 0 Å². The predicted molar refractivity (Wildman–Crippen MR) is 117 cm³/mol. The van der Waals surface area contributed by atoms with Crippen LogP contribution in [0.5, 0.6) is 0 Å². The van der Waals surface area contributed by atoms with E-state index in [1.807, 2.05) is 13.0 Å². The summed E-state index contributed by atoms with van der Waals surface area (Å²) in [6, 6.07) is 10.7. The zero-order chi connectivity index (χ0) is 21.0. The van der Waals surface area contributed by atoms with E-state index in [4.69, 9.17) is 11.6 Å². The summed E-state index contributed by atoms with van der Waals surface area (Å²) < 4.78 is 0. The van der Waals surface area contributed by atoms with E-state index in [0.717, 1.165) is 29.0 Å². The second kappa shape index (κ2) is 7.09. The molecule has 6 rings (SSSR count). The van der Waals surface area contributed by atoms with E-state index in [2.05, 4.69) is 17.4 Å². The third-order valence-corrected chi connectivity index (χ3v) is 7.94. The lowest BCUT2D eigenvalue weighted by atomic mass is 9.48. The number of amides is 1. The number of carbonyl (C=O) groups is 1. The van der Waals surface area contributed by atoms with Gasteiger partial charge in [-0.3, -0.25) is 14.9 Å². The summed E-state index contributed by atoms with van der Waals surface area (Å²) >= 11 is 6.10. The van der Waals surface area contributed by atoms with Crippen molar-refractivity contribution in [3.05, 3.63) is 68.2 Å². The summed E-state index contributed by atoms with van der Waals surface area (Å²) in [5, 5.41) is 13.9. The van der Waals surface area contributed by atoms with Crippen LogP contribution in [-0.2, 0) is 5.41 Å². The topological polar surface area (TPSA) is 72.2 Å². The minimum absolute atomic E-state index is 0.107. The van der Waals surface area contributed by atoms with Gasteiger partial charge in [0.2, 0.25) is 0 Å². The van der Waals surface area contributed by atoms with Crippen LogP contribution in [0.2, 0.25) is 5.02 Å². The van der Waals surface area contributed by atoms with E-state index in [0.29, 0.717) is 5.41 Å². The lowest BCUT2D eigenvalue weighted by Crippen LogP contribution is -2.48. The van der Waals surface area contributed by atoms with Gasteiger partial charge in [0.25, 0.3) is 11.6 Å². The summed E-state index contributed by atoms with van der Waals surface area (Å²) in [6.07, 6.45) is 8.14. The van der Waals surface area contributed by atoms with Gasteiger partial charge in [0.1, 0.15) is 5.02 Å². The Morgan fingerprint density at radius 3 is 2.30 bits per heavy atom. The maximum atomic E-state index is 12.8. The molecular weight excluding hydrogens is 400 g/mol. The largest absolute Gasteiger partial charge is 0.322 e. The van der Waals surface area contributed by atoms with Crippen LogP contribution in [0.25, 0.3) is 0 Å². The molecule has 0 spiro atoms. The molecule has 4 aliphatic carbocycles. The number of benzene rings is 2. The van der Waals surface area contributed by atoms with E-state index in [1.54, 1.807) is 0 Å². The first-order valence-corrected chi connectivity index (χ1v) is 11.1. The van der Waals surface area contributed by atoms with Crippen LogP contribution in [0.3, 0.4) is 0 Å². The van der Waals surface area contributed by atoms with E-state index in [9.17, 15) is 14.9 Å². The second-order valence-electron chi connectivity index (χ2n) is 9.58. The standard InChI is InChI=1S/C24H25ClN2O3/c1-14-7-18(24-11-15-8-16(12-24)10-17(9-15)13-24)5-6-20(14)26-23(28)19-3-2-4-21(22(19)25)27(29)30/h2-7,15-17H,8-13H2,1H3,(H,26,28). The number of aryl methyl sites for hydroxylation is 1. The van der Waals surface area contributed by atoms with Crippen molar-refractivity contribution in [2.75, 3.05) is 5.32 Å². The van der Waals surface area contributed by atoms with Gasteiger partial charge in [0.05, 0.1) is 10.5 Å². The lowest BCUT2D eigenvalue weighted by Gasteiger charge is -2.57. The quantitative estimate of drug-likeness (QED) is 0.463. The molecule has 0 atom stereocenters. The Bertz CT molecular complexity index is 1010. The van der Waals surface area contributed by atoms with Crippen LogP contribution >= 0.6 is 11.6 Å². The smallest absolute Gasteiger partial charge is 0.288 e. The number of hydrogen-bond donors (Lipinski definition) is 1. The molecular formula is C24H25ClN2O3. The van der Waals surface area contributed by atoms with Gasteiger partial charge in [0.15, 0.2) is 0 Å². The number of nitro benzene ring substituents is 1. The van der Waals surface area contributed by atoms with Gasteiger partial charge in [0, 0.05) is 11.8 Å². The Kier molecular flexibility index (Phi) is 4.62. The van der Waals surface area contributed by atoms with E-state index < -0.39 is 10.8 Å². The number of nitrogens with zero attached hydrogens (tertiary/aromatic N) is 1. The molecule has 0 aliphatic heterocycles. The Morgan fingerprint density at radius 2 is 1.73 bits per heavy atom. The Labute approximate surface area is 181 Å². The van der Waals surface area contributed by atoms with Crippen LogP contribution in [0, 0.1) is 34.8 Å². The minimum atomic E-state index is -0.579. The maximum Gasteiger partial charge on any atom is 0.288 e. The molecule has 5 nitrogen and oxygen atoms in total. The average molecular weight is 425 g/mol. The lowest BCUT2D eigenvalue weighted by molar-refractivity contribution is -0.384. The third-order valence-electron chi connectivity index (χ3n) is 7.54. The van der Waals surface area contributed by atoms with Crippen molar-refractivity contribution in [3.63, 3.8) is 0 Å². The molecule has 1 amide bonds. The highest BCUT2D eigenvalue weighted by Gasteiger charge is 2.51. The highest BCUT2D eigenvalue weighted by Crippen LogP contribution is 2.60. The van der Waals surface area contributed by atoms with Crippen molar-refractivity contribution < 1.29 is 9.72 Å². The van der Waals surface area contributed by atoms with Gasteiger partial charge >= 0.3 is 0 Å². The fraction of sp³-hybridized carbons (Fsp3) is 0.458. The van der Waals surface area contributed by atoms with Crippen LogP contribution in [0.4, 0.5) is 11.4 Å². The molecule has 4 fully saturated rings. The van der Waals surface area contributed by atoms with Gasteiger partial charge in [-0.2, -0.15) is 0 Å². The first-order valence-electron chi connectivity index (χ1n) is 10.7. The Morgan fingerprint density at radius 1 is 1.10 bits per heavy atom. The summed E-state index contributed by atoms with van der Waals surface area (Å²) in [5.41, 5.74) is 3.29. The third kappa shape index (κ3) is 3.20. The summed E-state index contributed by atoms with van der Waals surface area (Å²) in [7, 11) is 0.